The molecule has 0 saturated heterocycles. The molecule has 136 valence electrons. The standard InChI is InChI=1S/C16H14F2N4O3S/c1-6(2)12(21-16(24)25)14-20-9-4-10(26-13(9)15(23)22-14)7-3-11(18)19-5-8(7)17/h3-6,12,21H,1-2H3,(H,24,25)(H,20,22,23). The number of carbonyl (C=O) groups is 1. The zero-order valence-electron chi connectivity index (χ0n) is 13.7. The van der Waals surface area contributed by atoms with Crippen LogP contribution in [0.4, 0.5) is 13.6 Å². The first-order valence-electron chi connectivity index (χ1n) is 7.61. The second kappa shape index (κ2) is 6.79. The van der Waals surface area contributed by atoms with Gasteiger partial charge in [0.05, 0.1) is 17.8 Å². The third kappa shape index (κ3) is 3.40. The summed E-state index contributed by atoms with van der Waals surface area (Å²) in [5.74, 6) is -1.57. The molecule has 26 heavy (non-hydrogen) atoms. The van der Waals surface area contributed by atoms with Crippen LogP contribution < -0.4 is 10.9 Å². The number of nitrogens with one attached hydrogen (secondary N) is 2. The molecule has 0 aliphatic heterocycles. The molecule has 3 rings (SSSR count). The first-order valence-corrected chi connectivity index (χ1v) is 8.42. The van der Waals surface area contributed by atoms with Crippen LogP contribution in [0.2, 0.25) is 0 Å². The highest BCUT2D eigenvalue weighted by Gasteiger charge is 2.22. The Kier molecular flexibility index (Phi) is 4.68. The van der Waals surface area contributed by atoms with E-state index in [0.717, 1.165) is 23.6 Å². The first-order chi connectivity index (χ1) is 12.3. The average molecular weight is 380 g/mol. The van der Waals surface area contributed by atoms with E-state index >= 15 is 0 Å². The van der Waals surface area contributed by atoms with Crippen molar-refractivity contribution in [2.24, 2.45) is 5.92 Å². The maximum Gasteiger partial charge on any atom is 0.405 e. The van der Waals surface area contributed by atoms with Gasteiger partial charge in [-0.2, -0.15) is 4.39 Å². The summed E-state index contributed by atoms with van der Waals surface area (Å²) in [4.78, 5) is 33.8. The Labute approximate surface area is 149 Å². The van der Waals surface area contributed by atoms with Crippen LogP contribution >= 0.6 is 11.3 Å². The molecule has 1 atom stereocenters. The fourth-order valence-electron chi connectivity index (χ4n) is 2.52. The lowest BCUT2D eigenvalue weighted by atomic mass is 10.0. The number of amides is 1. The number of fused-ring (bicyclic) bond motifs is 1. The molecule has 0 fully saturated rings. The Morgan fingerprint density at radius 2 is 2.08 bits per heavy atom. The zero-order valence-corrected chi connectivity index (χ0v) is 14.5. The van der Waals surface area contributed by atoms with Crippen LogP contribution in [0.15, 0.2) is 23.1 Å². The Hall–Kier alpha value is -2.88. The van der Waals surface area contributed by atoms with E-state index in [1.165, 1.54) is 6.07 Å². The van der Waals surface area contributed by atoms with Gasteiger partial charge in [-0.3, -0.25) is 4.79 Å². The van der Waals surface area contributed by atoms with Crippen molar-refractivity contribution in [3.05, 3.63) is 46.3 Å². The molecule has 0 saturated carbocycles. The number of rotatable bonds is 4. The van der Waals surface area contributed by atoms with Gasteiger partial charge in [-0.15, -0.1) is 11.3 Å². The van der Waals surface area contributed by atoms with Crippen molar-refractivity contribution in [2.45, 2.75) is 19.9 Å². The van der Waals surface area contributed by atoms with Gasteiger partial charge in [-0.1, -0.05) is 13.8 Å². The number of nitrogens with zero attached hydrogens (tertiary/aromatic N) is 2. The van der Waals surface area contributed by atoms with Gasteiger partial charge in [0, 0.05) is 16.5 Å². The molecule has 0 radical (unpaired) electrons. The quantitative estimate of drug-likeness (QED) is 0.602. The lowest BCUT2D eigenvalue weighted by Crippen LogP contribution is -2.33. The van der Waals surface area contributed by atoms with Gasteiger partial charge in [-0.05, 0) is 12.0 Å². The van der Waals surface area contributed by atoms with E-state index in [0.29, 0.717) is 4.88 Å². The van der Waals surface area contributed by atoms with Gasteiger partial charge in [0.25, 0.3) is 5.56 Å². The van der Waals surface area contributed by atoms with Crippen molar-refractivity contribution in [1.82, 2.24) is 20.3 Å². The van der Waals surface area contributed by atoms with E-state index in [-0.39, 0.29) is 27.5 Å². The molecule has 3 heterocycles. The average Bonchev–Trinajstić information content (AvgIpc) is 2.99. The Morgan fingerprint density at radius 3 is 2.73 bits per heavy atom. The molecule has 3 aromatic rings. The number of hydrogen-bond acceptors (Lipinski definition) is 5. The van der Waals surface area contributed by atoms with Crippen LogP contribution in [0.25, 0.3) is 20.7 Å². The molecular formula is C16H14F2N4O3S. The number of carboxylic acid groups (broad SMARTS) is 1. The second-order valence-corrected chi connectivity index (χ2v) is 6.99. The summed E-state index contributed by atoms with van der Waals surface area (Å²) in [5.41, 5.74) is -0.224. The number of hydrogen-bond donors (Lipinski definition) is 3. The first kappa shape index (κ1) is 17.9. The van der Waals surface area contributed by atoms with Crippen LogP contribution in [0, 0.1) is 17.7 Å². The largest absolute Gasteiger partial charge is 0.465 e. The predicted octanol–water partition coefficient (Wildman–Crippen LogP) is 3.29. The van der Waals surface area contributed by atoms with E-state index in [4.69, 9.17) is 5.11 Å². The zero-order chi connectivity index (χ0) is 19.0. The van der Waals surface area contributed by atoms with Crippen molar-refractivity contribution in [2.75, 3.05) is 0 Å². The number of H-pyrrole nitrogens is 1. The molecule has 0 spiro atoms. The molecule has 7 nitrogen and oxygen atoms in total. The predicted molar refractivity (Wildman–Crippen MR) is 92.1 cm³/mol. The fraction of sp³-hybridized carbons (Fsp3) is 0.250. The monoisotopic (exact) mass is 380 g/mol. The van der Waals surface area contributed by atoms with Crippen LogP contribution in [0.1, 0.15) is 25.7 Å². The normalized spacial score (nSPS) is 12.5. The maximum atomic E-state index is 13.9. The minimum atomic E-state index is -1.24. The van der Waals surface area contributed by atoms with Crippen molar-refractivity contribution in [3.63, 3.8) is 0 Å². The Balaban J connectivity index is 2.13. The highest BCUT2D eigenvalue weighted by molar-refractivity contribution is 7.22. The second-order valence-electron chi connectivity index (χ2n) is 5.93. The van der Waals surface area contributed by atoms with E-state index in [2.05, 4.69) is 20.3 Å². The summed E-state index contributed by atoms with van der Waals surface area (Å²) < 4.78 is 27.5. The molecule has 0 aromatic carbocycles. The van der Waals surface area contributed by atoms with Crippen molar-refractivity contribution in [1.29, 1.82) is 0 Å². The fourth-order valence-corrected chi connectivity index (χ4v) is 3.53. The summed E-state index contributed by atoms with van der Waals surface area (Å²) in [6, 6.07) is 1.69. The third-order valence-corrected chi connectivity index (χ3v) is 4.89. The summed E-state index contributed by atoms with van der Waals surface area (Å²) in [6.07, 6.45) is -0.476. The van der Waals surface area contributed by atoms with Crippen molar-refractivity contribution in [3.8, 4) is 10.4 Å². The number of halogens is 2. The minimum absolute atomic E-state index is 0.0227. The smallest absolute Gasteiger partial charge is 0.405 e. The van der Waals surface area contributed by atoms with Gasteiger partial charge in [-0.25, -0.2) is 19.2 Å². The van der Waals surface area contributed by atoms with Gasteiger partial charge >= 0.3 is 6.09 Å². The molecule has 1 amide bonds. The Bertz CT molecular complexity index is 1050. The van der Waals surface area contributed by atoms with Gasteiger partial charge < -0.3 is 15.4 Å². The van der Waals surface area contributed by atoms with Crippen LogP contribution in [0.5, 0.6) is 0 Å². The van der Waals surface area contributed by atoms with Gasteiger partial charge in [0.1, 0.15) is 16.3 Å². The molecule has 1 unspecified atom stereocenters. The number of aromatic nitrogens is 3. The molecule has 0 aliphatic rings. The molecule has 0 bridgehead atoms. The van der Waals surface area contributed by atoms with E-state index in [1.54, 1.807) is 13.8 Å². The topological polar surface area (TPSA) is 108 Å². The highest BCUT2D eigenvalue weighted by atomic mass is 32.1. The van der Waals surface area contributed by atoms with E-state index < -0.39 is 29.5 Å². The minimum Gasteiger partial charge on any atom is -0.465 e. The SMILES string of the molecule is CC(C)C(NC(=O)O)c1nc2cc(-c3cc(F)ncc3F)sc2c(=O)[nH]1. The van der Waals surface area contributed by atoms with Crippen LogP contribution in [-0.4, -0.2) is 26.2 Å². The van der Waals surface area contributed by atoms with Gasteiger partial charge in [0.2, 0.25) is 5.95 Å². The van der Waals surface area contributed by atoms with Gasteiger partial charge in [0.15, 0.2) is 0 Å². The lowest BCUT2D eigenvalue weighted by Gasteiger charge is -2.19. The van der Waals surface area contributed by atoms with Crippen LogP contribution in [0.3, 0.4) is 0 Å². The summed E-state index contributed by atoms with van der Waals surface area (Å²) >= 11 is 0.965. The van der Waals surface area contributed by atoms with E-state index in [1.807, 2.05) is 0 Å². The Morgan fingerprint density at radius 1 is 1.35 bits per heavy atom. The third-order valence-electron chi connectivity index (χ3n) is 3.73. The number of pyridine rings is 1. The maximum absolute atomic E-state index is 13.9. The highest BCUT2D eigenvalue weighted by Crippen LogP contribution is 2.33. The lowest BCUT2D eigenvalue weighted by molar-refractivity contribution is 0.185. The van der Waals surface area contributed by atoms with Crippen molar-refractivity contribution < 1.29 is 18.7 Å². The van der Waals surface area contributed by atoms with Crippen LogP contribution in [-0.2, 0) is 0 Å². The molecular weight excluding hydrogens is 366 g/mol. The molecule has 3 N–H and O–H groups in total. The molecule has 10 heteroatoms. The number of aromatic amines is 1. The summed E-state index contributed by atoms with van der Waals surface area (Å²) in [6.45, 7) is 3.55. The van der Waals surface area contributed by atoms with Crippen molar-refractivity contribution >= 4 is 27.6 Å². The summed E-state index contributed by atoms with van der Waals surface area (Å²) in [7, 11) is 0. The number of thiophene rings is 1. The van der Waals surface area contributed by atoms with E-state index in [9.17, 15) is 18.4 Å². The summed E-state index contributed by atoms with van der Waals surface area (Å²) in [5, 5.41) is 11.3. The molecule has 3 aromatic heterocycles. The molecule has 0 aliphatic carbocycles.